The Bertz CT molecular complexity index is 842. The Balaban J connectivity index is 2.22. The second kappa shape index (κ2) is 9.76. The molecule has 0 bridgehead atoms. The molecule has 0 saturated heterocycles. The van der Waals surface area contributed by atoms with Crippen molar-refractivity contribution in [3.05, 3.63) is 72.8 Å². The summed E-state index contributed by atoms with van der Waals surface area (Å²) in [5.41, 5.74) is -1.22. The molecule has 2 aromatic carbocycles. The summed E-state index contributed by atoms with van der Waals surface area (Å²) in [5.74, 6) is -1.57. The number of hydrogen-bond acceptors (Lipinski definition) is 5. The molecule has 2 rings (SSSR count). The molecular weight excluding hydrogens is 356 g/mol. The molecule has 0 heterocycles. The van der Waals surface area contributed by atoms with Crippen LogP contribution in [0.2, 0.25) is 0 Å². The van der Waals surface area contributed by atoms with Crippen molar-refractivity contribution < 1.29 is 24.2 Å². The van der Waals surface area contributed by atoms with Crippen molar-refractivity contribution in [2.24, 2.45) is 0 Å². The van der Waals surface area contributed by atoms with E-state index in [9.17, 15) is 19.5 Å². The maximum absolute atomic E-state index is 12.7. The molecule has 5 heteroatoms. The summed E-state index contributed by atoms with van der Waals surface area (Å²) in [6.45, 7) is 5.34. The van der Waals surface area contributed by atoms with Crippen LogP contribution in [0.4, 0.5) is 0 Å². The van der Waals surface area contributed by atoms with Crippen molar-refractivity contribution in [1.82, 2.24) is 0 Å². The van der Waals surface area contributed by atoms with Crippen molar-refractivity contribution in [1.29, 1.82) is 0 Å². The van der Waals surface area contributed by atoms with Gasteiger partial charge in [-0.3, -0.25) is 4.79 Å². The first-order chi connectivity index (χ1) is 13.3. The minimum Gasteiger partial charge on any atom is -0.424 e. The number of hydrogen-bond donors (Lipinski definition) is 1. The molecule has 0 aliphatic heterocycles. The molecule has 146 valence electrons. The first kappa shape index (κ1) is 21.3. The summed E-state index contributed by atoms with van der Waals surface area (Å²) >= 11 is 0. The normalized spacial score (nSPS) is 12.6. The number of ketones is 2. The van der Waals surface area contributed by atoms with Crippen molar-refractivity contribution in [2.45, 2.75) is 38.2 Å². The predicted molar refractivity (Wildman–Crippen MR) is 107 cm³/mol. The third-order valence-corrected chi connectivity index (χ3v) is 4.34. The molecule has 0 aromatic heterocycles. The molecule has 0 spiro atoms. The highest BCUT2D eigenvalue weighted by Gasteiger charge is 2.45. The van der Waals surface area contributed by atoms with Crippen LogP contribution in [0.15, 0.2) is 67.2 Å². The van der Waals surface area contributed by atoms with Crippen LogP contribution < -0.4 is 4.74 Å². The van der Waals surface area contributed by atoms with Crippen LogP contribution in [0.1, 0.15) is 38.2 Å². The monoisotopic (exact) mass is 380 g/mol. The Morgan fingerprint density at radius 2 is 1.54 bits per heavy atom. The molecule has 5 nitrogen and oxygen atoms in total. The zero-order valence-corrected chi connectivity index (χ0v) is 15.9. The van der Waals surface area contributed by atoms with Crippen LogP contribution >= 0.6 is 0 Å². The van der Waals surface area contributed by atoms with Gasteiger partial charge in [0, 0.05) is 19.3 Å². The van der Waals surface area contributed by atoms with Crippen LogP contribution in [-0.4, -0.2) is 28.2 Å². The number of benzene rings is 2. The molecule has 1 N–H and O–H groups in total. The lowest BCUT2D eigenvalue weighted by Gasteiger charge is -2.25. The predicted octanol–water partition coefficient (Wildman–Crippen LogP) is 3.76. The molecule has 0 unspecified atom stereocenters. The fraction of sp³-hybridized carbons (Fsp3) is 0.261. The van der Waals surface area contributed by atoms with E-state index in [1.54, 1.807) is 54.6 Å². The van der Waals surface area contributed by atoms with Gasteiger partial charge < -0.3 is 14.6 Å². The summed E-state index contributed by atoms with van der Waals surface area (Å²) < 4.78 is 5.25. The zero-order valence-electron chi connectivity index (χ0n) is 15.9. The zero-order chi connectivity index (χ0) is 20.6. The van der Waals surface area contributed by atoms with Crippen LogP contribution in [-0.2, 0) is 14.4 Å². The van der Waals surface area contributed by atoms with Gasteiger partial charge in [0.05, 0.1) is 0 Å². The van der Waals surface area contributed by atoms with Gasteiger partial charge in [-0.15, -0.1) is 0 Å². The van der Waals surface area contributed by atoms with Gasteiger partial charge in [-0.1, -0.05) is 55.1 Å². The molecule has 0 radical (unpaired) electrons. The highest BCUT2D eigenvalue weighted by Crippen LogP contribution is 2.28. The van der Waals surface area contributed by atoms with Crippen molar-refractivity contribution in [2.75, 3.05) is 0 Å². The Labute approximate surface area is 164 Å². The average Bonchev–Trinajstić information content (AvgIpc) is 2.68. The second-order valence-corrected chi connectivity index (χ2v) is 6.69. The third-order valence-electron chi connectivity index (χ3n) is 4.34. The number of ether oxygens (including phenoxy) is 1. The Morgan fingerprint density at radius 3 is 2.11 bits per heavy atom. The number of Topliss-reactive ketones (excluding diaryl/α,β-unsaturated/α-hetero) is 2. The van der Waals surface area contributed by atoms with Crippen LogP contribution in [0.25, 0.3) is 5.57 Å². The lowest BCUT2D eigenvalue weighted by Crippen LogP contribution is -2.49. The van der Waals surface area contributed by atoms with Gasteiger partial charge in [0.25, 0.3) is 0 Å². The molecule has 28 heavy (non-hydrogen) atoms. The average molecular weight is 380 g/mol. The van der Waals surface area contributed by atoms with Crippen LogP contribution in [0.3, 0.4) is 0 Å². The van der Waals surface area contributed by atoms with Gasteiger partial charge in [0.1, 0.15) is 11.5 Å². The van der Waals surface area contributed by atoms with E-state index in [0.29, 0.717) is 11.1 Å². The van der Waals surface area contributed by atoms with Gasteiger partial charge in [0.2, 0.25) is 5.60 Å². The Kier molecular flexibility index (Phi) is 7.41. The SMILES string of the molecule is C=C(C[C@](O)(C(=O)CCCC(C)=O)C(=O)Oc1ccccc1)c1ccccc1. The van der Waals surface area contributed by atoms with Gasteiger partial charge in [0.15, 0.2) is 5.78 Å². The standard InChI is InChI=1S/C23H24O5/c1-17(19-11-5-3-6-12-19)16-23(27,21(25)15-9-10-18(2)24)22(26)28-20-13-7-4-8-14-20/h3-8,11-14,27H,1,9-10,15-16H2,2H3/t23-/m0/s1. The maximum Gasteiger partial charge on any atom is 0.351 e. The number of carbonyl (C=O) groups is 3. The van der Waals surface area contributed by atoms with E-state index in [2.05, 4.69) is 6.58 Å². The van der Waals surface area contributed by atoms with Gasteiger partial charge in [-0.2, -0.15) is 0 Å². The Hall–Kier alpha value is -3.05. The smallest absolute Gasteiger partial charge is 0.351 e. The molecule has 0 saturated carbocycles. The van der Waals surface area contributed by atoms with Crippen LogP contribution in [0.5, 0.6) is 5.75 Å². The minimum absolute atomic E-state index is 0.0584. The highest BCUT2D eigenvalue weighted by atomic mass is 16.6. The lowest BCUT2D eigenvalue weighted by molar-refractivity contribution is -0.162. The number of carbonyl (C=O) groups excluding carboxylic acids is 3. The number of rotatable bonds is 10. The Morgan fingerprint density at radius 1 is 0.964 bits per heavy atom. The van der Waals surface area contributed by atoms with Crippen molar-refractivity contribution in [3.63, 3.8) is 0 Å². The largest absolute Gasteiger partial charge is 0.424 e. The maximum atomic E-state index is 12.7. The van der Waals surface area contributed by atoms with Crippen molar-refractivity contribution in [3.8, 4) is 5.75 Å². The number of aliphatic hydroxyl groups is 1. The lowest BCUT2D eigenvalue weighted by atomic mass is 9.86. The summed E-state index contributed by atoms with van der Waals surface area (Å²) in [7, 11) is 0. The second-order valence-electron chi connectivity index (χ2n) is 6.69. The van der Waals surface area contributed by atoms with Crippen molar-refractivity contribution >= 4 is 23.1 Å². The first-order valence-corrected chi connectivity index (χ1v) is 9.08. The first-order valence-electron chi connectivity index (χ1n) is 9.08. The van der Waals surface area contributed by atoms with Crippen LogP contribution in [0, 0.1) is 0 Å². The molecule has 1 atom stereocenters. The molecule has 0 aliphatic carbocycles. The summed E-state index contributed by atoms with van der Waals surface area (Å²) in [6, 6.07) is 17.2. The van der Waals surface area contributed by atoms with Gasteiger partial charge in [-0.25, -0.2) is 4.79 Å². The van der Waals surface area contributed by atoms with E-state index < -0.39 is 17.4 Å². The molecule has 0 aliphatic rings. The molecule has 0 amide bonds. The fourth-order valence-corrected chi connectivity index (χ4v) is 2.75. The van der Waals surface area contributed by atoms with Gasteiger partial charge >= 0.3 is 5.97 Å². The molecule has 2 aromatic rings. The van der Waals surface area contributed by atoms with E-state index >= 15 is 0 Å². The molecule has 0 fully saturated rings. The number of para-hydroxylation sites is 1. The summed E-state index contributed by atoms with van der Waals surface area (Å²) in [6.07, 6.45) is 0.0612. The van der Waals surface area contributed by atoms with E-state index in [4.69, 9.17) is 4.74 Å². The minimum atomic E-state index is -2.38. The fourth-order valence-electron chi connectivity index (χ4n) is 2.75. The molecular formula is C23H24O5. The summed E-state index contributed by atoms with van der Waals surface area (Å²) in [4.78, 5) is 36.6. The highest BCUT2D eigenvalue weighted by molar-refractivity contribution is 6.09. The van der Waals surface area contributed by atoms with E-state index in [0.717, 1.165) is 0 Å². The number of esters is 1. The van der Waals surface area contributed by atoms with E-state index in [-0.39, 0.29) is 37.2 Å². The van der Waals surface area contributed by atoms with E-state index in [1.165, 1.54) is 6.92 Å². The topological polar surface area (TPSA) is 80.7 Å². The van der Waals surface area contributed by atoms with E-state index in [1.807, 2.05) is 6.07 Å². The third kappa shape index (κ3) is 5.72. The quantitative estimate of drug-likeness (QED) is 0.386. The summed E-state index contributed by atoms with van der Waals surface area (Å²) in [5, 5.41) is 11.0. The van der Waals surface area contributed by atoms with Gasteiger partial charge in [-0.05, 0) is 36.6 Å².